The van der Waals surface area contributed by atoms with Crippen LogP contribution < -0.4 is 16.1 Å². The number of carbonyl (C=O) groups excluding carboxylic acids is 1. The van der Waals surface area contributed by atoms with E-state index in [0.717, 1.165) is 17.7 Å². The molecule has 0 aliphatic heterocycles. The Hall–Kier alpha value is -2.94. The van der Waals surface area contributed by atoms with E-state index in [0.29, 0.717) is 5.69 Å². The zero-order valence-electron chi connectivity index (χ0n) is 13.6. The monoisotopic (exact) mass is 380 g/mol. The highest BCUT2D eigenvalue weighted by Crippen LogP contribution is 2.30. The van der Waals surface area contributed by atoms with Crippen molar-refractivity contribution in [3.05, 3.63) is 59.7 Å². The molecular formula is C17H15F3N4OS. The van der Waals surface area contributed by atoms with E-state index in [2.05, 4.69) is 21.2 Å². The van der Waals surface area contributed by atoms with Crippen molar-refractivity contribution in [1.82, 2.24) is 5.43 Å². The molecule has 0 saturated heterocycles. The summed E-state index contributed by atoms with van der Waals surface area (Å²) in [5, 5.41) is 9.23. The number of nitrogens with one attached hydrogen (secondary N) is 3. The van der Waals surface area contributed by atoms with Gasteiger partial charge in [0.15, 0.2) is 5.11 Å². The number of halogens is 3. The lowest BCUT2D eigenvalue weighted by molar-refractivity contribution is -0.137. The van der Waals surface area contributed by atoms with Gasteiger partial charge in [0.25, 0.3) is 0 Å². The van der Waals surface area contributed by atoms with Crippen molar-refractivity contribution >= 4 is 40.8 Å². The standard InChI is InChI=1S/C17H15F3N4OS/c1-11(25)22-14-7-5-12(6-8-14)10-21-24-16(26)23-15-4-2-3-13(9-15)17(18,19)20/h2-10H,1H3,(H,22,25)(H2,23,24,26)/b21-10-. The third kappa shape index (κ3) is 6.17. The first kappa shape index (κ1) is 19.4. The number of thiocarbonyl (C=S) groups is 1. The Balaban J connectivity index is 1.90. The van der Waals surface area contributed by atoms with Gasteiger partial charge in [-0.05, 0) is 48.1 Å². The largest absolute Gasteiger partial charge is 0.416 e. The number of alkyl halides is 3. The summed E-state index contributed by atoms with van der Waals surface area (Å²) < 4.78 is 38.0. The van der Waals surface area contributed by atoms with Crippen LogP contribution in [-0.2, 0) is 11.0 Å². The van der Waals surface area contributed by atoms with Crippen molar-refractivity contribution < 1.29 is 18.0 Å². The summed E-state index contributed by atoms with van der Waals surface area (Å²) >= 11 is 4.99. The molecule has 0 radical (unpaired) electrons. The Kier molecular flexibility index (Phi) is 6.29. The third-order valence-corrected chi connectivity index (χ3v) is 3.25. The van der Waals surface area contributed by atoms with Gasteiger partial charge >= 0.3 is 6.18 Å². The number of hydrazone groups is 1. The molecule has 0 fully saturated rings. The van der Waals surface area contributed by atoms with E-state index in [1.807, 2.05) is 0 Å². The summed E-state index contributed by atoms with van der Waals surface area (Å²) in [7, 11) is 0. The Morgan fingerprint density at radius 1 is 1.08 bits per heavy atom. The topological polar surface area (TPSA) is 65.5 Å². The van der Waals surface area contributed by atoms with Crippen LogP contribution >= 0.6 is 12.2 Å². The fraction of sp³-hybridized carbons (Fsp3) is 0.118. The third-order valence-electron chi connectivity index (χ3n) is 3.06. The molecule has 5 nitrogen and oxygen atoms in total. The maximum atomic E-state index is 12.7. The number of anilines is 2. The number of amides is 1. The van der Waals surface area contributed by atoms with Gasteiger partial charge < -0.3 is 10.6 Å². The van der Waals surface area contributed by atoms with Crippen molar-refractivity contribution in [2.24, 2.45) is 5.10 Å². The highest BCUT2D eigenvalue weighted by atomic mass is 32.1. The van der Waals surface area contributed by atoms with Gasteiger partial charge in [-0.1, -0.05) is 18.2 Å². The van der Waals surface area contributed by atoms with Crippen molar-refractivity contribution in [2.45, 2.75) is 13.1 Å². The molecule has 26 heavy (non-hydrogen) atoms. The number of carbonyl (C=O) groups is 1. The van der Waals surface area contributed by atoms with Crippen LogP contribution in [0.25, 0.3) is 0 Å². The summed E-state index contributed by atoms with van der Waals surface area (Å²) in [6.45, 7) is 1.41. The molecule has 0 atom stereocenters. The first-order valence-electron chi connectivity index (χ1n) is 7.39. The van der Waals surface area contributed by atoms with Gasteiger partial charge in [0.2, 0.25) is 5.91 Å². The molecule has 136 valence electrons. The molecule has 0 heterocycles. The highest BCUT2D eigenvalue weighted by Gasteiger charge is 2.30. The van der Waals surface area contributed by atoms with Crippen LogP contribution in [0.15, 0.2) is 53.6 Å². The Morgan fingerprint density at radius 2 is 1.77 bits per heavy atom. The lowest BCUT2D eigenvalue weighted by Gasteiger charge is -2.10. The molecule has 2 aromatic rings. The lowest BCUT2D eigenvalue weighted by Crippen LogP contribution is -2.24. The van der Waals surface area contributed by atoms with E-state index in [4.69, 9.17) is 12.2 Å². The Labute approximate surface area is 153 Å². The van der Waals surface area contributed by atoms with E-state index in [1.165, 1.54) is 25.3 Å². The van der Waals surface area contributed by atoms with Gasteiger partial charge in [0, 0.05) is 18.3 Å². The SMILES string of the molecule is CC(=O)Nc1ccc(/C=N\NC(=S)Nc2cccc(C(F)(F)F)c2)cc1. The molecule has 0 aromatic heterocycles. The van der Waals surface area contributed by atoms with Crippen molar-refractivity contribution in [1.29, 1.82) is 0 Å². The van der Waals surface area contributed by atoms with E-state index >= 15 is 0 Å². The quantitative estimate of drug-likeness (QED) is 0.426. The molecule has 3 N–H and O–H groups in total. The van der Waals surface area contributed by atoms with Gasteiger partial charge in [-0.3, -0.25) is 10.2 Å². The molecule has 0 unspecified atom stereocenters. The fourth-order valence-corrected chi connectivity index (χ4v) is 2.12. The van der Waals surface area contributed by atoms with Crippen molar-refractivity contribution in [2.75, 3.05) is 10.6 Å². The van der Waals surface area contributed by atoms with Gasteiger partial charge in [0.1, 0.15) is 0 Å². The highest BCUT2D eigenvalue weighted by molar-refractivity contribution is 7.80. The van der Waals surface area contributed by atoms with Crippen LogP contribution in [0, 0.1) is 0 Å². The molecule has 0 spiro atoms. The normalized spacial score (nSPS) is 11.2. The zero-order chi connectivity index (χ0) is 19.2. The number of hydrogen-bond acceptors (Lipinski definition) is 3. The lowest BCUT2D eigenvalue weighted by atomic mass is 10.2. The molecule has 0 aliphatic carbocycles. The number of nitrogens with zero attached hydrogens (tertiary/aromatic N) is 1. The minimum absolute atomic E-state index is 0.0513. The molecule has 0 aliphatic rings. The van der Waals surface area contributed by atoms with Crippen LogP contribution in [0.1, 0.15) is 18.1 Å². The maximum absolute atomic E-state index is 12.7. The molecule has 0 bridgehead atoms. The van der Waals surface area contributed by atoms with Crippen LogP contribution in [0.2, 0.25) is 0 Å². The maximum Gasteiger partial charge on any atom is 0.416 e. The first-order valence-corrected chi connectivity index (χ1v) is 7.80. The van der Waals surface area contributed by atoms with Crippen LogP contribution in [-0.4, -0.2) is 17.2 Å². The summed E-state index contributed by atoms with van der Waals surface area (Å²) in [6, 6.07) is 11.6. The fourth-order valence-electron chi connectivity index (χ4n) is 1.95. The van der Waals surface area contributed by atoms with Crippen molar-refractivity contribution in [3.63, 3.8) is 0 Å². The average molecular weight is 380 g/mol. The number of rotatable bonds is 4. The van der Waals surface area contributed by atoms with Gasteiger partial charge in [-0.2, -0.15) is 18.3 Å². The molecular weight excluding hydrogens is 365 g/mol. The minimum Gasteiger partial charge on any atom is -0.331 e. The molecule has 0 saturated carbocycles. The van der Waals surface area contributed by atoms with E-state index in [-0.39, 0.29) is 16.7 Å². The number of hydrogen-bond donors (Lipinski definition) is 3. The molecule has 1 amide bonds. The summed E-state index contributed by atoms with van der Waals surface area (Å²) in [5.41, 5.74) is 3.35. The second kappa shape index (κ2) is 8.43. The summed E-state index contributed by atoms with van der Waals surface area (Å²) in [5.74, 6) is -0.168. The van der Waals surface area contributed by atoms with Crippen LogP contribution in [0.4, 0.5) is 24.5 Å². The van der Waals surface area contributed by atoms with Crippen molar-refractivity contribution in [3.8, 4) is 0 Å². The average Bonchev–Trinajstić information content (AvgIpc) is 2.55. The summed E-state index contributed by atoms with van der Waals surface area (Å²) in [6.07, 6.45) is -2.94. The van der Waals surface area contributed by atoms with E-state index in [1.54, 1.807) is 24.3 Å². The van der Waals surface area contributed by atoms with Gasteiger partial charge in [-0.25, -0.2) is 0 Å². The predicted octanol–water partition coefficient (Wildman–Crippen LogP) is 3.98. The Bertz CT molecular complexity index is 820. The smallest absolute Gasteiger partial charge is 0.331 e. The van der Waals surface area contributed by atoms with E-state index in [9.17, 15) is 18.0 Å². The van der Waals surface area contributed by atoms with Crippen LogP contribution in [0.3, 0.4) is 0 Å². The molecule has 2 aromatic carbocycles. The minimum atomic E-state index is -4.42. The van der Waals surface area contributed by atoms with Gasteiger partial charge in [0.05, 0.1) is 11.8 Å². The zero-order valence-corrected chi connectivity index (χ0v) is 14.4. The predicted molar refractivity (Wildman–Crippen MR) is 99.1 cm³/mol. The second-order valence-electron chi connectivity index (χ2n) is 5.21. The second-order valence-corrected chi connectivity index (χ2v) is 5.61. The first-order chi connectivity index (χ1) is 12.2. The van der Waals surface area contributed by atoms with E-state index < -0.39 is 11.7 Å². The molecule has 2 rings (SSSR count). The van der Waals surface area contributed by atoms with Gasteiger partial charge in [-0.15, -0.1) is 0 Å². The molecule has 9 heteroatoms. The summed E-state index contributed by atoms with van der Waals surface area (Å²) in [4.78, 5) is 10.9. The Morgan fingerprint density at radius 3 is 2.38 bits per heavy atom. The number of benzene rings is 2. The van der Waals surface area contributed by atoms with Crippen LogP contribution in [0.5, 0.6) is 0 Å².